The van der Waals surface area contributed by atoms with E-state index in [9.17, 15) is 14.4 Å². The van der Waals surface area contributed by atoms with Gasteiger partial charge in [0.1, 0.15) is 5.76 Å². The van der Waals surface area contributed by atoms with E-state index >= 15 is 0 Å². The Morgan fingerprint density at radius 3 is 1.44 bits per heavy atom. The number of carbonyl (C=O) groups is 3. The molecule has 3 aromatic carbocycles. The summed E-state index contributed by atoms with van der Waals surface area (Å²) in [5.41, 5.74) is 0.790. The zero-order valence-electron chi connectivity index (χ0n) is 19.4. The lowest BCUT2D eigenvalue weighted by Gasteiger charge is -2.41. The van der Waals surface area contributed by atoms with Gasteiger partial charge in [0, 0.05) is 7.11 Å². The maximum atomic E-state index is 13.0. The molecule has 1 fully saturated rings. The Labute approximate surface area is 208 Å². The van der Waals surface area contributed by atoms with Crippen molar-refractivity contribution in [1.29, 1.82) is 0 Å². The molecular weight excluding hydrogens is 464 g/mol. The quantitative estimate of drug-likeness (QED) is 0.361. The molecule has 0 bridgehead atoms. The maximum Gasteiger partial charge on any atom is 0.338 e. The van der Waals surface area contributed by atoms with Crippen LogP contribution in [0.2, 0.25) is 0 Å². The zero-order chi connectivity index (χ0) is 25.5. The van der Waals surface area contributed by atoms with E-state index in [1.54, 1.807) is 91.0 Å². The summed E-state index contributed by atoms with van der Waals surface area (Å²) in [4.78, 5) is 38.8. The molecule has 0 radical (unpaired) electrons. The van der Waals surface area contributed by atoms with Crippen LogP contribution in [-0.4, -0.2) is 49.6 Å². The average Bonchev–Trinajstić information content (AvgIpc) is 2.93. The molecule has 4 rings (SSSR count). The van der Waals surface area contributed by atoms with Crippen LogP contribution in [0.25, 0.3) is 0 Å². The molecule has 0 saturated carbocycles. The summed E-state index contributed by atoms with van der Waals surface area (Å²) in [7, 11) is 1.34. The van der Waals surface area contributed by atoms with Gasteiger partial charge in [-0.3, -0.25) is 0 Å². The van der Waals surface area contributed by atoms with E-state index in [0.29, 0.717) is 0 Å². The first-order valence-electron chi connectivity index (χ1n) is 11.1. The maximum absolute atomic E-state index is 13.0. The molecule has 1 heterocycles. The summed E-state index contributed by atoms with van der Waals surface area (Å²) >= 11 is 0. The summed E-state index contributed by atoms with van der Waals surface area (Å²) in [5, 5.41) is 0. The van der Waals surface area contributed by atoms with Gasteiger partial charge in [0.05, 0.1) is 16.7 Å². The van der Waals surface area contributed by atoms with E-state index in [2.05, 4.69) is 6.58 Å². The van der Waals surface area contributed by atoms with E-state index in [1.807, 2.05) is 0 Å². The summed E-state index contributed by atoms with van der Waals surface area (Å²) in [6, 6.07) is 24.8. The number of methoxy groups -OCH3 is 1. The van der Waals surface area contributed by atoms with Gasteiger partial charge in [0.25, 0.3) is 0 Å². The fourth-order valence-corrected chi connectivity index (χ4v) is 3.65. The van der Waals surface area contributed by atoms with E-state index in [0.717, 1.165) is 0 Å². The lowest BCUT2D eigenvalue weighted by molar-refractivity contribution is -0.234. The minimum absolute atomic E-state index is 0.0241. The first-order valence-corrected chi connectivity index (χ1v) is 11.1. The van der Waals surface area contributed by atoms with Crippen molar-refractivity contribution in [2.24, 2.45) is 0 Å². The summed E-state index contributed by atoms with van der Waals surface area (Å²) in [6.45, 7) is 3.83. The molecule has 0 aliphatic carbocycles. The molecule has 0 aromatic heterocycles. The molecule has 3 aromatic rings. The van der Waals surface area contributed by atoms with Crippen molar-refractivity contribution in [2.75, 3.05) is 7.11 Å². The van der Waals surface area contributed by atoms with Crippen LogP contribution in [0, 0.1) is 0 Å². The van der Waals surface area contributed by atoms with Gasteiger partial charge in [-0.1, -0.05) is 61.2 Å². The predicted octanol–water partition coefficient (Wildman–Crippen LogP) is 4.18. The number of esters is 3. The molecule has 4 atom stereocenters. The van der Waals surface area contributed by atoms with Crippen molar-refractivity contribution in [3.8, 4) is 0 Å². The number of hydrogen-bond donors (Lipinski definition) is 0. The minimum Gasteiger partial charge on any atom is -0.462 e. The van der Waals surface area contributed by atoms with Gasteiger partial charge in [-0.15, -0.1) is 0 Å². The molecule has 36 heavy (non-hydrogen) atoms. The molecule has 0 spiro atoms. The standard InChI is InChI=1S/C28H24O8/c1-18-22(34-25(29)19-12-6-3-7-13-19)23(35-26(30)20-14-8-4-9-15-20)24(28(32-2)33-18)36-27(31)21-16-10-5-11-17-21/h3-17,22-24,28H,1H2,2H3/t22-,23-,24-,28+/m1/s1. The second-order valence-corrected chi connectivity index (χ2v) is 7.85. The van der Waals surface area contributed by atoms with Gasteiger partial charge in [-0.05, 0) is 36.4 Å². The molecule has 1 aliphatic heterocycles. The van der Waals surface area contributed by atoms with E-state index in [-0.39, 0.29) is 22.4 Å². The lowest BCUT2D eigenvalue weighted by atomic mass is 10.0. The Morgan fingerprint density at radius 2 is 1.03 bits per heavy atom. The third-order valence-electron chi connectivity index (χ3n) is 5.46. The average molecular weight is 488 g/mol. The van der Waals surface area contributed by atoms with Crippen molar-refractivity contribution in [3.05, 3.63) is 120 Å². The number of hydrogen-bond acceptors (Lipinski definition) is 8. The second-order valence-electron chi connectivity index (χ2n) is 7.85. The van der Waals surface area contributed by atoms with Crippen molar-refractivity contribution in [1.82, 2.24) is 0 Å². The minimum atomic E-state index is -1.32. The van der Waals surface area contributed by atoms with Crippen LogP contribution in [0.5, 0.6) is 0 Å². The summed E-state index contributed by atoms with van der Waals surface area (Å²) in [6.07, 6.45) is -5.06. The zero-order valence-corrected chi connectivity index (χ0v) is 19.4. The number of ether oxygens (including phenoxy) is 5. The predicted molar refractivity (Wildman–Crippen MR) is 128 cm³/mol. The number of carbonyl (C=O) groups excluding carboxylic acids is 3. The summed E-state index contributed by atoms with van der Waals surface area (Å²) in [5.74, 6) is -2.14. The molecule has 8 nitrogen and oxygen atoms in total. The van der Waals surface area contributed by atoms with Crippen molar-refractivity contribution >= 4 is 17.9 Å². The number of rotatable bonds is 7. The first kappa shape index (κ1) is 24.7. The SMILES string of the molecule is C=C1O[C@H](OC)[C@H](OC(=O)c2ccccc2)[C@H](OC(=O)c2ccccc2)[C@@H]1OC(=O)c1ccccc1. The lowest BCUT2D eigenvalue weighted by Crippen LogP contribution is -2.57. The third-order valence-corrected chi connectivity index (χ3v) is 5.46. The van der Waals surface area contributed by atoms with Gasteiger partial charge in [0.15, 0.2) is 12.2 Å². The molecule has 1 aliphatic rings. The van der Waals surface area contributed by atoms with Crippen LogP contribution in [0.4, 0.5) is 0 Å². The third kappa shape index (κ3) is 5.61. The first-order chi connectivity index (χ1) is 17.5. The smallest absolute Gasteiger partial charge is 0.338 e. The van der Waals surface area contributed by atoms with Crippen molar-refractivity contribution in [3.63, 3.8) is 0 Å². The topological polar surface area (TPSA) is 97.4 Å². The van der Waals surface area contributed by atoms with Crippen LogP contribution in [0.15, 0.2) is 103 Å². The molecule has 0 amide bonds. The Morgan fingerprint density at radius 1 is 0.639 bits per heavy atom. The Hall–Kier alpha value is -4.43. The van der Waals surface area contributed by atoms with Gasteiger partial charge in [-0.25, -0.2) is 14.4 Å². The van der Waals surface area contributed by atoms with Crippen molar-refractivity contribution < 1.29 is 38.1 Å². The molecule has 8 heteroatoms. The molecule has 184 valence electrons. The largest absolute Gasteiger partial charge is 0.462 e. The monoisotopic (exact) mass is 488 g/mol. The molecule has 0 unspecified atom stereocenters. The normalized spacial score (nSPS) is 21.1. The van der Waals surface area contributed by atoms with Crippen LogP contribution in [0.1, 0.15) is 31.1 Å². The second kappa shape index (κ2) is 11.3. The molecule has 0 N–H and O–H groups in total. The van der Waals surface area contributed by atoms with Crippen LogP contribution >= 0.6 is 0 Å². The highest BCUT2D eigenvalue weighted by atomic mass is 16.7. The Bertz CT molecular complexity index is 1210. The highest BCUT2D eigenvalue weighted by molar-refractivity contribution is 5.91. The fourth-order valence-electron chi connectivity index (χ4n) is 3.65. The highest BCUT2D eigenvalue weighted by Crippen LogP contribution is 2.32. The molecule has 1 saturated heterocycles. The summed E-state index contributed by atoms with van der Waals surface area (Å²) < 4.78 is 28.2. The van der Waals surface area contributed by atoms with Gasteiger partial charge < -0.3 is 23.7 Å². The molecular formula is C28H24O8. The van der Waals surface area contributed by atoms with E-state index in [4.69, 9.17) is 23.7 Å². The van der Waals surface area contributed by atoms with E-state index in [1.165, 1.54) is 7.11 Å². The number of benzene rings is 3. The highest BCUT2D eigenvalue weighted by Gasteiger charge is 2.50. The van der Waals surface area contributed by atoms with Gasteiger partial charge in [0.2, 0.25) is 12.4 Å². The fraction of sp³-hybridized carbons (Fsp3) is 0.179. The van der Waals surface area contributed by atoms with Gasteiger partial charge in [-0.2, -0.15) is 0 Å². The Balaban J connectivity index is 1.66. The van der Waals surface area contributed by atoms with Crippen LogP contribution < -0.4 is 0 Å². The van der Waals surface area contributed by atoms with Crippen LogP contribution in [-0.2, 0) is 23.7 Å². The van der Waals surface area contributed by atoms with Gasteiger partial charge >= 0.3 is 17.9 Å². The van der Waals surface area contributed by atoms with Crippen LogP contribution in [0.3, 0.4) is 0 Å². The van der Waals surface area contributed by atoms with Crippen molar-refractivity contribution in [2.45, 2.75) is 24.6 Å². The Kier molecular flexibility index (Phi) is 7.77. The van der Waals surface area contributed by atoms with E-state index < -0.39 is 42.5 Å².